The molecule has 1 aliphatic rings. The molecule has 0 spiro atoms. The summed E-state index contributed by atoms with van der Waals surface area (Å²) in [6.07, 6.45) is -5.17. The van der Waals surface area contributed by atoms with Crippen LogP contribution in [0.5, 0.6) is 0 Å². The Balaban J connectivity index is 2.44. The minimum Gasteiger partial charge on any atom is -0.366 e. The molecule has 2 N–H and O–H groups in total. The molecule has 13 nitrogen and oxygen atoms in total. The van der Waals surface area contributed by atoms with Crippen molar-refractivity contribution < 1.29 is 52.4 Å². The Bertz CT molecular complexity index is 1120. The summed E-state index contributed by atoms with van der Waals surface area (Å²) >= 11 is 0. The number of carbonyl (C=O) groups excluding carboxylic acids is 1. The first kappa shape index (κ1) is 26.6. The summed E-state index contributed by atoms with van der Waals surface area (Å²) in [5.74, 6) is -0.760. The highest BCUT2D eigenvalue weighted by atomic mass is 32.2. The topological polar surface area (TPSA) is 189 Å². The molecule has 0 bridgehead atoms. The van der Waals surface area contributed by atoms with Crippen molar-refractivity contribution in [3.8, 4) is 0 Å². The highest BCUT2D eigenvalue weighted by molar-refractivity contribution is 7.86. The second-order valence-corrected chi connectivity index (χ2v) is 11.8. The summed E-state index contributed by atoms with van der Waals surface area (Å²) in [5, 5.41) is 12.8. The van der Waals surface area contributed by atoms with Crippen LogP contribution in [-0.4, -0.2) is 92.3 Å². The van der Waals surface area contributed by atoms with E-state index in [0.29, 0.717) is 18.8 Å². The normalized spacial score (nSPS) is 27.1. The van der Waals surface area contributed by atoms with E-state index >= 15 is 0 Å². The average molecular weight is 518 g/mol. The van der Waals surface area contributed by atoms with Crippen molar-refractivity contribution in [2.24, 2.45) is 0 Å². The monoisotopic (exact) mass is 517 g/mol. The second kappa shape index (κ2) is 10.1. The fourth-order valence-electron chi connectivity index (χ4n) is 2.86. The molecule has 0 saturated carbocycles. The number of hydrogen-bond acceptors (Lipinski definition) is 12. The average Bonchev–Trinajstić information content (AvgIpc) is 2.63. The van der Waals surface area contributed by atoms with Gasteiger partial charge >= 0.3 is 0 Å². The maximum absolute atomic E-state index is 12.6. The Labute approximate surface area is 186 Å². The van der Waals surface area contributed by atoms with Gasteiger partial charge in [0, 0.05) is 5.56 Å². The van der Waals surface area contributed by atoms with E-state index in [-0.39, 0.29) is 5.56 Å². The number of aliphatic hydroxyl groups is 1. The standard InChI is InChI=1S/C16H23NO12S3/c1-30(20,21)26-9-11-13(28-31(2,22)23)14(29-32(3,24)25)12(16(19)27-11)17-15(18)10-7-5-4-6-8-10/h4-8,11-14,16,19H,9H2,1-3H3,(H,17,18)/t11-,12-,13-,14-,16-/m1/s1. The molecule has 0 aliphatic carbocycles. The predicted octanol–water partition coefficient (Wildman–Crippen LogP) is -1.83. The van der Waals surface area contributed by atoms with E-state index in [1.807, 2.05) is 0 Å². The van der Waals surface area contributed by atoms with E-state index in [1.165, 1.54) is 12.1 Å². The van der Waals surface area contributed by atoms with Gasteiger partial charge in [0.25, 0.3) is 36.3 Å². The Kier molecular flexibility index (Phi) is 8.38. The van der Waals surface area contributed by atoms with Gasteiger partial charge < -0.3 is 15.2 Å². The molecule has 1 heterocycles. The molecule has 1 saturated heterocycles. The van der Waals surface area contributed by atoms with Gasteiger partial charge in [-0.05, 0) is 12.1 Å². The van der Waals surface area contributed by atoms with Crippen LogP contribution in [-0.2, 0) is 47.6 Å². The Hall–Kier alpha value is -1.66. The number of carbonyl (C=O) groups is 1. The minimum absolute atomic E-state index is 0.140. The number of nitrogens with one attached hydrogen (secondary N) is 1. The van der Waals surface area contributed by atoms with Crippen LogP contribution in [0.25, 0.3) is 0 Å². The van der Waals surface area contributed by atoms with Crippen LogP contribution < -0.4 is 5.32 Å². The molecule has 0 aromatic heterocycles. The number of hydrogen-bond donors (Lipinski definition) is 2. The number of benzene rings is 1. The fourth-order valence-corrected chi connectivity index (χ4v) is 4.51. The molecule has 182 valence electrons. The summed E-state index contributed by atoms with van der Waals surface area (Å²) in [6.45, 7) is -0.834. The molecule has 1 fully saturated rings. The van der Waals surface area contributed by atoms with Crippen LogP contribution in [0.1, 0.15) is 10.4 Å². The molecular formula is C16H23NO12S3. The third-order valence-corrected chi connectivity index (χ3v) is 5.73. The molecule has 1 aliphatic heterocycles. The lowest BCUT2D eigenvalue weighted by Gasteiger charge is -2.43. The highest BCUT2D eigenvalue weighted by Crippen LogP contribution is 2.28. The van der Waals surface area contributed by atoms with Gasteiger partial charge in [0.1, 0.15) is 24.4 Å². The van der Waals surface area contributed by atoms with E-state index < -0.39 is 73.5 Å². The van der Waals surface area contributed by atoms with E-state index in [0.717, 1.165) is 0 Å². The highest BCUT2D eigenvalue weighted by Gasteiger charge is 2.51. The maximum atomic E-state index is 12.6. The van der Waals surface area contributed by atoms with Crippen molar-refractivity contribution in [2.45, 2.75) is 30.6 Å². The zero-order valence-electron chi connectivity index (χ0n) is 17.1. The molecule has 1 aromatic carbocycles. The molecule has 32 heavy (non-hydrogen) atoms. The first-order valence-corrected chi connectivity index (χ1v) is 14.3. The zero-order valence-corrected chi connectivity index (χ0v) is 19.6. The van der Waals surface area contributed by atoms with E-state index in [9.17, 15) is 35.2 Å². The lowest BCUT2D eigenvalue weighted by molar-refractivity contribution is -0.239. The maximum Gasteiger partial charge on any atom is 0.264 e. The Morgan fingerprint density at radius 1 is 0.938 bits per heavy atom. The number of amides is 1. The van der Waals surface area contributed by atoms with E-state index in [2.05, 4.69) is 9.50 Å². The van der Waals surface area contributed by atoms with E-state index in [4.69, 9.17) is 13.1 Å². The van der Waals surface area contributed by atoms with Crippen molar-refractivity contribution in [3.63, 3.8) is 0 Å². The molecule has 2 rings (SSSR count). The second-order valence-electron chi connectivity index (χ2n) is 6.95. The van der Waals surface area contributed by atoms with Crippen LogP contribution in [0.4, 0.5) is 0 Å². The van der Waals surface area contributed by atoms with Crippen LogP contribution in [0.15, 0.2) is 30.3 Å². The van der Waals surface area contributed by atoms with Crippen molar-refractivity contribution in [3.05, 3.63) is 35.9 Å². The Morgan fingerprint density at radius 3 is 1.97 bits per heavy atom. The van der Waals surface area contributed by atoms with Crippen LogP contribution >= 0.6 is 0 Å². The molecule has 0 radical (unpaired) electrons. The van der Waals surface area contributed by atoms with Gasteiger partial charge in [-0.3, -0.25) is 17.3 Å². The summed E-state index contributed by atoms with van der Waals surface area (Å²) in [6, 6.07) is 6.00. The molecule has 1 aromatic rings. The zero-order chi connectivity index (χ0) is 24.3. The van der Waals surface area contributed by atoms with Crippen LogP contribution in [0.2, 0.25) is 0 Å². The SMILES string of the molecule is CS(=O)(=O)OC[C@H]1O[C@@H](O)[C@H](NC(=O)c2ccccc2)[C@@H](OS(C)(=O)=O)[C@@H]1OS(C)(=O)=O. The predicted molar refractivity (Wildman–Crippen MR) is 109 cm³/mol. The molecular weight excluding hydrogens is 494 g/mol. The lowest BCUT2D eigenvalue weighted by Crippen LogP contribution is -2.66. The number of ether oxygens (including phenoxy) is 1. The van der Waals surface area contributed by atoms with Crippen molar-refractivity contribution in [2.75, 3.05) is 25.4 Å². The minimum atomic E-state index is -4.29. The summed E-state index contributed by atoms with van der Waals surface area (Å²) in [7, 11) is -12.6. The van der Waals surface area contributed by atoms with E-state index in [1.54, 1.807) is 18.2 Å². The lowest BCUT2D eigenvalue weighted by atomic mass is 9.96. The fraction of sp³-hybridized carbons (Fsp3) is 0.562. The largest absolute Gasteiger partial charge is 0.366 e. The summed E-state index contributed by atoms with van der Waals surface area (Å²) in [5.41, 5.74) is 0.140. The third-order valence-electron chi connectivity index (χ3n) is 4.02. The first-order chi connectivity index (χ1) is 14.6. The Morgan fingerprint density at radius 2 is 1.47 bits per heavy atom. The van der Waals surface area contributed by atoms with Gasteiger partial charge in [0.2, 0.25) is 0 Å². The summed E-state index contributed by atoms with van der Waals surface area (Å²) < 4.78 is 89.6. The molecule has 5 atom stereocenters. The van der Waals surface area contributed by atoms with Crippen molar-refractivity contribution in [1.29, 1.82) is 0 Å². The van der Waals surface area contributed by atoms with Crippen molar-refractivity contribution >= 4 is 36.3 Å². The van der Waals surface area contributed by atoms with Gasteiger partial charge in [-0.25, -0.2) is 0 Å². The molecule has 16 heteroatoms. The molecule has 1 amide bonds. The van der Waals surface area contributed by atoms with Crippen molar-refractivity contribution in [1.82, 2.24) is 5.32 Å². The molecule has 0 unspecified atom stereocenters. The quantitative estimate of drug-likeness (QED) is 0.349. The van der Waals surface area contributed by atoms with Gasteiger partial charge in [0.15, 0.2) is 6.29 Å². The number of aliphatic hydroxyl groups excluding tert-OH is 1. The van der Waals surface area contributed by atoms with Crippen LogP contribution in [0, 0.1) is 0 Å². The van der Waals surface area contributed by atoms with Gasteiger partial charge in [-0.15, -0.1) is 0 Å². The van der Waals surface area contributed by atoms with Crippen LogP contribution in [0.3, 0.4) is 0 Å². The van der Waals surface area contributed by atoms with Gasteiger partial charge in [-0.1, -0.05) is 18.2 Å². The number of rotatable bonds is 9. The van der Waals surface area contributed by atoms with Gasteiger partial charge in [-0.2, -0.15) is 25.3 Å². The summed E-state index contributed by atoms with van der Waals surface area (Å²) in [4.78, 5) is 12.6. The smallest absolute Gasteiger partial charge is 0.264 e. The third kappa shape index (κ3) is 8.36. The van der Waals surface area contributed by atoms with Gasteiger partial charge in [0.05, 0.1) is 25.4 Å². The first-order valence-electron chi connectivity index (χ1n) is 8.86.